The highest BCUT2D eigenvalue weighted by Gasteiger charge is 2.24. The third-order valence-electron chi connectivity index (χ3n) is 2.92. The van der Waals surface area contributed by atoms with Crippen LogP contribution in [0, 0.1) is 5.82 Å². The number of halogens is 1. The molecule has 0 spiro atoms. The first-order valence-corrected chi connectivity index (χ1v) is 6.54. The molecule has 0 bridgehead atoms. The Bertz CT molecular complexity index is 493. The lowest BCUT2D eigenvalue weighted by atomic mass is 9.92. The van der Waals surface area contributed by atoms with Crippen molar-refractivity contribution in [2.24, 2.45) is 0 Å². The minimum atomic E-state index is -0.581. The molecule has 2 N–H and O–H groups in total. The van der Waals surface area contributed by atoms with Gasteiger partial charge >= 0.3 is 6.09 Å². The van der Waals surface area contributed by atoms with Crippen LogP contribution >= 0.6 is 0 Å². The Balaban J connectivity index is 3.04. The molecule has 112 valence electrons. The zero-order valence-electron chi connectivity index (χ0n) is 12.9. The van der Waals surface area contributed by atoms with Crippen molar-refractivity contribution in [3.8, 4) is 0 Å². The van der Waals surface area contributed by atoms with Crippen molar-refractivity contribution in [2.75, 3.05) is 12.4 Å². The van der Waals surface area contributed by atoms with Gasteiger partial charge in [0.25, 0.3) is 0 Å². The van der Waals surface area contributed by atoms with E-state index < -0.39 is 17.2 Å². The maximum absolute atomic E-state index is 13.5. The van der Waals surface area contributed by atoms with Crippen LogP contribution in [0.2, 0.25) is 0 Å². The third-order valence-corrected chi connectivity index (χ3v) is 2.92. The Morgan fingerprint density at radius 1 is 1.20 bits per heavy atom. The number of anilines is 1. The van der Waals surface area contributed by atoms with Crippen LogP contribution in [0.1, 0.15) is 40.2 Å². The molecule has 1 aromatic rings. The summed E-state index contributed by atoms with van der Waals surface area (Å²) in [6.45, 7) is 9.17. The van der Waals surface area contributed by atoms with Crippen molar-refractivity contribution in [3.63, 3.8) is 0 Å². The normalized spacial score (nSPS) is 12.2. The van der Waals surface area contributed by atoms with Gasteiger partial charge in [-0.05, 0) is 65.4 Å². The van der Waals surface area contributed by atoms with Crippen molar-refractivity contribution in [2.45, 2.75) is 45.8 Å². The van der Waals surface area contributed by atoms with Crippen molar-refractivity contribution < 1.29 is 13.9 Å². The molecule has 0 heterocycles. The molecule has 0 saturated carbocycles. The van der Waals surface area contributed by atoms with Crippen molar-refractivity contribution >= 4 is 11.8 Å². The second kappa shape index (κ2) is 5.79. The summed E-state index contributed by atoms with van der Waals surface area (Å²) in [5.74, 6) is -0.349. The highest BCUT2D eigenvalue weighted by molar-refractivity contribution is 5.86. The number of benzene rings is 1. The molecule has 0 fully saturated rings. The fraction of sp³-hybridized carbons (Fsp3) is 0.533. The number of carbonyl (C=O) groups excluding carboxylic acids is 1. The molecule has 4 nitrogen and oxygen atoms in total. The SMILES string of the molecule is CNC(C)(C)c1cc(F)ccc1NC(=O)OC(C)(C)C. The van der Waals surface area contributed by atoms with Crippen molar-refractivity contribution in [3.05, 3.63) is 29.6 Å². The highest BCUT2D eigenvalue weighted by Crippen LogP contribution is 2.28. The fourth-order valence-electron chi connectivity index (χ4n) is 1.69. The third kappa shape index (κ3) is 4.49. The fourth-order valence-corrected chi connectivity index (χ4v) is 1.69. The molecule has 1 amide bonds. The van der Waals surface area contributed by atoms with Gasteiger partial charge in [0.05, 0.1) is 0 Å². The van der Waals surface area contributed by atoms with E-state index in [0.29, 0.717) is 11.3 Å². The Morgan fingerprint density at radius 2 is 1.80 bits per heavy atom. The topological polar surface area (TPSA) is 50.4 Å². The number of rotatable bonds is 3. The molecular formula is C15H23FN2O2. The second-order valence-electron chi connectivity index (χ2n) is 6.19. The Kier molecular flexibility index (Phi) is 4.76. The summed E-state index contributed by atoms with van der Waals surface area (Å²) < 4.78 is 18.7. The van der Waals surface area contributed by atoms with Gasteiger partial charge in [0.15, 0.2) is 0 Å². The van der Waals surface area contributed by atoms with E-state index in [1.807, 2.05) is 13.8 Å². The van der Waals surface area contributed by atoms with E-state index in [0.717, 1.165) is 0 Å². The van der Waals surface area contributed by atoms with Crippen LogP contribution < -0.4 is 10.6 Å². The molecule has 20 heavy (non-hydrogen) atoms. The summed E-state index contributed by atoms with van der Waals surface area (Å²) in [7, 11) is 1.78. The van der Waals surface area contributed by atoms with Crippen LogP contribution in [-0.4, -0.2) is 18.7 Å². The van der Waals surface area contributed by atoms with E-state index in [1.54, 1.807) is 27.8 Å². The van der Waals surface area contributed by atoms with Gasteiger partial charge in [-0.2, -0.15) is 0 Å². The van der Waals surface area contributed by atoms with Gasteiger partial charge in [0.1, 0.15) is 11.4 Å². The minimum Gasteiger partial charge on any atom is -0.444 e. The second-order valence-corrected chi connectivity index (χ2v) is 6.19. The summed E-state index contributed by atoms with van der Waals surface area (Å²) in [6, 6.07) is 4.25. The van der Waals surface area contributed by atoms with E-state index in [-0.39, 0.29) is 5.82 Å². The molecule has 1 rings (SSSR count). The van der Waals surface area contributed by atoms with Crippen LogP contribution in [0.3, 0.4) is 0 Å². The Morgan fingerprint density at radius 3 is 2.30 bits per heavy atom. The van der Waals surface area contributed by atoms with E-state index in [1.165, 1.54) is 18.2 Å². The molecular weight excluding hydrogens is 259 g/mol. The molecule has 0 atom stereocenters. The summed E-state index contributed by atoms with van der Waals surface area (Å²) in [6.07, 6.45) is -0.558. The number of nitrogens with one attached hydrogen (secondary N) is 2. The predicted octanol–water partition coefficient (Wildman–Crippen LogP) is 3.63. The monoisotopic (exact) mass is 282 g/mol. The smallest absolute Gasteiger partial charge is 0.412 e. The van der Waals surface area contributed by atoms with Crippen molar-refractivity contribution in [1.29, 1.82) is 0 Å². The average molecular weight is 282 g/mol. The molecule has 0 saturated heterocycles. The number of amides is 1. The van der Waals surface area contributed by atoms with Crippen LogP contribution in [0.4, 0.5) is 14.9 Å². The largest absolute Gasteiger partial charge is 0.444 e. The van der Waals surface area contributed by atoms with Gasteiger partial charge in [0, 0.05) is 11.2 Å². The number of hydrogen-bond donors (Lipinski definition) is 2. The lowest BCUT2D eigenvalue weighted by Crippen LogP contribution is -2.35. The molecule has 0 unspecified atom stereocenters. The minimum absolute atomic E-state index is 0.349. The lowest BCUT2D eigenvalue weighted by Gasteiger charge is -2.28. The van der Waals surface area contributed by atoms with E-state index in [9.17, 15) is 9.18 Å². The van der Waals surface area contributed by atoms with Gasteiger partial charge in [-0.1, -0.05) is 0 Å². The highest BCUT2D eigenvalue weighted by atomic mass is 19.1. The molecule has 5 heteroatoms. The van der Waals surface area contributed by atoms with Crippen LogP contribution in [-0.2, 0) is 10.3 Å². The van der Waals surface area contributed by atoms with E-state index >= 15 is 0 Å². The molecule has 0 aliphatic carbocycles. The molecule has 0 aliphatic rings. The van der Waals surface area contributed by atoms with Gasteiger partial charge in [-0.15, -0.1) is 0 Å². The molecule has 1 aromatic carbocycles. The maximum atomic E-state index is 13.5. The number of hydrogen-bond acceptors (Lipinski definition) is 3. The first-order chi connectivity index (χ1) is 9.05. The Labute approximate surface area is 119 Å². The van der Waals surface area contributed by atoms with E-state index in [4.69, 9.17) is 4.74 Å². The first-order valence-electron chi connectivity index (χ1n) is 6.54. The quantitative estimate of drug-likeness (QED) is 0.890. The number of ether oxygens (including phenoxy) is 1. The summed E-state index contributed by atoms with van der Waals surface area (Å²) >= 11 is 0. The molecule has 0 aromatic heterocycles. The maximum Gasteiger partial charge on any atom is 0.412 e. The van der Waals surface area contributed by atoms with Gasteiger partial charge in [-0.3, -0.25) is 5.32 Å². The molecule has 0 radical (unpaired) electrons. The van der Waals surface area contributed by atoms with Crippen LogP contribution in [0.15, 0.2) is 18.2 Å². The summed E-state index contributed by atoms with van der Waals surface area (Å²) in [5, 5.41) is 5.75. The standard InChI is InChI=1S/C15H23FN2O2/c1-14(2,3)20-13(19)18-12-8-7-10(16)9-11(12)15(4,5)17-6/h7-9,17H,1-6H3,(H,18,19). The van der Waals surface area contributed by atoms with Crippen LogP contribution in [0.5, 0.6) is 0 Å². The van der Waals surface area contributed by atoms with Gasteiger partial charge < -0.3 is 10.1 Å². The predicted molar refractivity (Wildman–Crippen MR) is 78.3 cm³/mol. The number of carbonyl (C=O) groups is 1. The van der Waals surface area contributed by atoms with Gasteiger partial charge in [-0.25, -0.2) is 9.18 Å². The average Bonchev–Trinajstić information content (AvgIpc) is 2.29. The van der Waals surface area contributed by atoms with Crippen molar-refractivity contribution in [1.82, 2.24) is 5.32 Å². The lowest BCUT2D eigenvalue weighted by molar-refractivity contribution is 0.0635. The Hall–Kier alpha value is -1.62. The van der Waals surface area contributed by atoms with Gasteiger partial charge in [0.2, 0.25) is 0 Å². The van der Waals surface area contributed by atoms with E-state index in [2.05, 4.69) is 10.6 Å². The molecule has 0 aliphatic heterocycles. The van der Waals surface area contributed by atoms with Crippen LogP contribution in [0.25, 0.3) is 0 Å². The summed E-state index contributed by atoms with van der Waals surface area (Å²) in [4.78, 5) is 11.8. The zero-order chi connectivity index (χ0) is 15.6. The first kappa shape index (κ1) is 16.4. The summed E-state index contributed by atoms with van der Waals surface area (Å²) in [5.41, 5.74) is 0.126. The zero-order valence-corrected chi connectivity index (χ0v) is 12.9.